The molecule has 27 heavy (non-hydrogen) atoms. The fourth-order valence-corrected chi connectivity index (χ4v) is 5.51. The van der Waals surface area contributed by atoms with E-state index in [-0.39, 0.29) is 29.4 Å². The highest BCUT2D eigenvalue weighted by molar-refractivity contribution is 6.19. The number of para-hydroxylation sites is 1. The van der Waals surface area contributed by atoms with Crippen LogP contribution in [0.2, 0.25) is 0 Å². The summed E-state index contributed by atoms with van der Waals surface area (Å²) in [5.41, 5.74) is -0.127. The van der Waals surface area contributed by atoms with Crippen molar-refractivity contribution in [3.63, 3.8) is 0 Å². The number of piperazine rings is 1. The SMILES string of the molecule is CC(C)C1CC23CCCN2C(=O)C1(C=C1Nc2ccccc2C1=O)NC3=O. The molecule has 0 aliphatic carbocycles. The third-order valence-electron chi connectivity index (χ3n) is 6.84. The predicted octanol–water partition coefficient (Wildman–Crippen LogP) is 2.08. The first-order valence-corrected chi connectivity index (χ1v) is 9.67. The van der Waals surface area contributed by atoms with Crippen LogP contribution in [0.5, 0.6) is 0 Å². The maximum absolute atomic E-state index is 13.5. The number of Topliss-reactive ketones (excluding diaryl/α,β-unsaturated/α-hetero) is 1. The number of hydrogen-bond acceptors (Lipinski definition) is 4. The molecule has 2 N–H and O–H groups in total. The van der Waals surface area contributed by atoms with E-state index in [1.165, 1.54) is 0 Å². The van der Waals surface area contributed by atoms with Gasteiger partial charge in [-0.2, -0.15) is 0 Å². The Labute approximate surface area is 158 Å². The normalized spacial score (nSPS) is 35.5. The second-order valence-electron chi connectivity index (χ2n) is 8.53. The first-order chi connectivity index (χ1) is 12.9. The summed E-state index contributed by atoms with van der Waals surface area (Å²) in [6.45, 7) is 4.78. The minimum absolute atomic E-state index is 0.0390. The lowest BCUT2D eigenvalue weighted by molar-refractivity contribution is -0.172. The Kier molecular flexibility index (Phi) is 3.19. The van der Waals surface area contributed by atoms with Crippen LogP contribution >= 0.6 is 0 Å². The number of allylic oxidation sites excluding steroid dienone is 1. The Morgan fingerprint density at radius 3 is 2.74 bits per heavy atom. The summed E-state index contributed by atoms with van der Waals surface area (Å²) in [6, 6.07) is 7.31. The average molecular weight is 365 g/mol. The zero-order valence-corrected chi connectivity index (χ0v) is 15.5. The quantitative estimate of drug-likeness (QED) is 0.787. The zero-order chi connectivity index (χ0) is 19.0. The van der Waals surface area contributed by atoms with Gasteiger partial charge in [0.15, 0.2) is 0 Å². The first kappa shape index (κ1) is 16.5. The number of rotatable bonds is 2. The molecular weight excluding hydrogens is 342 g/mol. The van der Waals surface area contributed by atoms with Crippen molar-refractivity contribution < 1.29 is 14.4 Å². The second kappa shape index (κ2) is 5.21. The number of benzene rings is 1. The predicted molar refractivity (Wildman–Crippen MR) is 100.0 cm³/mol. The number of amides is 2. The van der Waals surface area contributed by atoms with Gasteiger partial charge < -0.3 is 15.5 Å². The molecule has 140 valence electrons. The zero-order valence-electron chi connectivity index (χ0n) is 15.5. The maximum atomic E-state index is 13.5. The van der Waals surface area contributed by atoms with Crippen molar-refractivity contribution in [2.24, 2.45) is 11.8 Å². The fourth-order valence-electron chi connectivity index (χ4n) is 5.51. The Hall–Kier alpha value is -2.63. The molecule has 1 aromatic rings. The number of carbonyl (C=O) groups is 3. The monoisotopic (exact) mass is 365 g/mol. The van der Waals surface area contributed by atoms with E-state index in [0.29, 0.717) is 24.2 Å². The molecule has 4 saturated heterocycles. The van der Waals surface area contributed by atoms with E-state index in [1.807, 2.05) is 18.2 Å². The van der Waals surface area contributed by atoms with E-state index in [2.05, 4.69) is 24.5 Å². The van der Waals surface area contributed by atoms with Crippen LogP contribution in [0.1, 0.15) is 43.5 Å². The van der Waals surface area contributed by atoms with Crippen LogP contribution < -0.4 is 10.6 Å². The van der Waals surface area contributed by atoms with E-state index in [0.717, 1.165) is 18.5 Å². The number of piperidine rings is 2. The molecule has 5 heterocycles. The summed E-state index contributed by atoms with van der Waals surface area (Å²) >= 11 is 0. The van der Waals surface area contributed by atoms with Crippen LogP contribution in [0.3, 0.4) is 0 Å². The van der Waals surface area contributed by atoms with Crippen LogP contribution in [0, 0.1) is 11.8 Å². The van der Waals surface area contributed by atoms with Gasteiger partial charge in [-0.3, -0.25) is 14.4 Å². The van der Waals surface area contributed by atoms with Crippen molar-refractivity contribution in [3.8, 4) is 0 Å². The van der Waals surface area contributed by atoms with Crippen LogP contribution in [-0.2, 0) is 9.59 Å². The van der Waals surface area contributed by atoms with Gasteiger partial charge in [0.2, 0.25) is 11.7 Å². The molecule has 3 atom stereocenters. The van der Waals surface area contributed by atoms with Gasteiger partial charge in [-0.1, -0.05) is 26.0 Å². The molecule has 0 radical (unpaired) electrons. The molecule has 2 amide bonds. The fraction of sp³-hybridized carbons (Fsp3) is 0.476. The number of ketones is 1. The summed E-state index contributed by atoms with van der Waals surface area (Å²) < 4.78 is 0. The molecule has 0 aromatic heterocycles. The molecule has 1 aromatic carbocycles. The van der Waals surface area contributed by atoms with Crippen molar-refractivity contribution in [1.29, 1.82) is 0 Å². The summed E-state index contributed by atoms with van der Waals surface area (Å²) in [5, 5.41) is 6.20. The molecule has 2 bridgehead atoms. The van der Waals surface area contributed by atoms with Crippen LogP contribution in [0.15, 0.2) is 36.0 Å². The molecule has 1 spiro atoms. The van der Waals surface area contributed by atoms with E-state index in [1.54, 1.807) is 17.0 Å². The highest BCUT2D eigenvalue weighted by Gasteiger charge is 2.68. The Bertz CT molecular complexity index is 921. The highest BCUT2D eigenvalue weighted by atomic mass is 16.2. The van der Waals surface area contributed by atoms with Gasteiger partial charge in [0.1, 0.15) is 11.1 Å². The van der Waals surface area contributed by atoms with E-state index in [4.69, 9.17) is 0 Å². The average Bonchev–Trinajstić information content (AvgIpc) is 3.20. The van der Waals surface area contributed by atoms with Crippen molar-refractivity contribution in [3.05, 3.63) is 41.6 Å². The van der Waals surface area contributed by atoms with Crippen molar-refractivity contribution in [1.82, 2.24) is 10.2 Å². The molecule has 6 heteroatoms. The molecule has 4 fully saturated rings. The smallest absolute Gasteiger partial charge is 0.253 e. The van der Waals surface area contributed by atoms with Gasteiger partial charge in [-0.25, -0.2) is 0 Å². The molecule has 6 nitrogen and oxygen atoms in total. The van der Waals surface area contributed by atoms with Crippen molar-refractivity contribution in [2.75, 3.05) is 11.9 Å². The molecule has 3 unspecified atom stereocenters. The van der Waals surface area contributed by atoms with E-state index >= 15 is 0 Å². The molecule has 5 aliphatic rings. The summed E-state index contributed by atoms with van der Waals surface area (Å²) in [6.07, 6.45) is 3.93. The number of fused-ring (bicyclic) bond motifs is 3. The summed E-state index contributed by atoms with van der Waals surface area (Å²) in [4.78, 5) is 41.2. The van der Waals surface area contributed by atoms with Gasteiger partial charge in [0.05, 0.1) is 5.70 Å². The summed E-state index contributed by atoms with van der Waals surface area (Å²) in [7, 11) is 0. The van der Waals surface area contributed by atoms with Gasteiger partial charge in [0.25, 0.3) is 5.91 Å². The largest absolute Gasteiger partial charge is 0.352 e. The van der Waals surface area contributed by atoms with Crippen molar-refractivity contribution >= 4 is 23.3 Å². The lowest BCUT2D eigenvalue weighted by Gasteiger charge is -2.59. The standard InChI is InChI=1S/C21H23N3O3/c1-12(2)14-10-20-8-5-9-24(20)19(27)21(14,23-18(20)26)11-16-17(25)13-6-3-4-7-15(13)22-16/h3-4,6-7,11-12,14,22H,5,8-10H2,1-2H3,(H,23,26). The lowest BCUT2D eigenvalue weighted by atomic mass is 9.61. The van der Waals surface area contributed by atoms with Crippen LogP contribution in [-0.4, -0.2) is 40.1 Å². The Balaban J connectivity index is 1.64. The molecule has 5 aliphatic heterocycles. The minimum Gasteiger partial charge on any atom is -0.352 e. The lowest BCUT2D eigenvalue weighted by Crippen LogP contribution is -2.81. The molecule has 0 saturated carbocycles. The number of nitrogens with one attached hydrogen (secondary N) is 2. The number of anilines is 1. The Morgan fingerprint density at radius 1 is 1.22 bits per heavy atom. The summed E-state index contributed by atoms with van der Waals surface area (Å²) in [5.74, 6) is -0.111. The number of nitrogens with zero attached hydrogens (tertiary/aromatic N) is 1. The Morgan fingerprint density at radius 2 is 2.00 bits per heavy atom. The minimum atomic E-state index is -1.16. The van der Waals surface area contributed by atoms with E-state index < -0.39 is 11.1 Å². The van der Waals surface area contributed by atoms with Gasteiger partial charge in [-0.05, 0) is 49.3 Å². The van der Waals surface area contributed by atoms with Crippen molar-refractivity contribution in [2.45, 2.75) is 44.2 Å². The van der Waals surface area contributed by atoms with Crippen LogP contribution in [0.4, 0.5) is 5.69 Å². The third kappa shape index (κ3) is 1.93. The van der Waals surface area contributed by atoms with Gasteiger partial charge in [0, 0.05) is 17.8 Å². The van der Waals surface area contributed by atoms with Gasteiger partial charge in [-0.15, -0.1) is 0 Å². The topological polar surface area (TPSA) is 78.5 Å². The number of carbonyl (C=O) groups excluding carboxylic acids is 3. The molecule has 6 rings (SSSR count). The number of hydrogen-bond donors (Lipinski definition) is 2. The highest BCUT2D eigenvalue weighted by Crippen LogP contribution is 2.52. The first-order valence-electron chi connectivity index (χ1n) is 9.67. The third-order valence-corrected chi connectivity index (χ3v) is 6.84. The molecular formula is C21H23N3O3. The second-order valence-corrected chi connectivity index (χ2v) is 8.53. The van der Waals surface area contributed by atoms with Gasteiger partial charge >= 0.3 is 0 Å². The van der Waals surface area contributed by atoms with E-state index in [9.17, 15) is 14.4 Å². The van der Waals surface area contributed by atoms with Crippen LogP contribution in [0.25, 0.3) is 0 Å². The maximum Gasteiger partial charge on any atom is 0.253 e.